The molecule has 0 atom stereocenters. The largest absolute Gasteiger partial charge is 0.617 e. The Labute approximate surface area is 70.8 Å². The predicted octanol–water partition coefficient (Wildman–Crippen LogP) is 1.99. The van der Waals surface area contributed by atoms with E-state index < -0.39 is 17.0 Å². The number of aromatic nitrogens is 1. The van der Waals surface area contributed by atoms with Gasteiger partial charge in [0.25, 0.3) is 10.8 Å². The molecule has 0 fully saturated rings. The molecule has 0 aliphatic heterocycles. The molecular formula is C6H3ClF3NO. The third-order valence-corrected chi connectivity index (χ3v) is 1.47. The SMILES string of the molecule is [O-][n+]1c(Cl)cccc1C(F)(F)F. The molecular weight excluding hydrogens is 195 g/mol. The lowest BCUT2D eigenvalue weighted by molar-refractivity contribution is -0.627. The van der Waals surface area contributed by atoms with E-state index in [4.69, 9.17) is 11.6 Å². The van der Waals surface area contributed by atoms with Gasteiger partial charge in [-0.2, -0.15) is 17.9 Å². The van der Waals surface area contributed by atoms with Gasteiger partial charge in [0.2, 0.25) is 0 Å². The number of pyridine rings is 1. The molecule has 12 heavy (non-hydrogen) atoms. The van der Waals surface area contributed by atoms with Crippen LogP contribution in [0.2, 0.25) is 5.15 Å². The summed E-state index contributed by atoms with van der Waals surface area (Å²) in [5.41, 5.74) is -1.31. The maximum absolute atomic E-state index is 11.9. The van der Waals surface area contributed by atoms with Crippen LogP contribution >= 0.6 is 11.6 Å². The highest BCUT2D eigenvalue weighted by molar-refractivity contribution is 6.28. The highest BCUT2D eigenvalue weighted by Crippen LogP contribution is 2.26. The molecule has 0 unspecified atom stereocenters. The van der Waals surface area contributed by atoms with Crippen LogP contribution in [0.1, 0.15) is 5.69 Å². The third kappa shape index (κ3) is 1.61. The van der Waals surface area contributed by atoms with Gasteiger partial charge in [-0.25, -0.2) is 0 Å². The monoisotopic (exact) mass is 197 g/mol. The molecule has 1 rings (SSSR count). The normalized spacial score (nSPS) is 11.7. The average Bonchev–Trinajstić information content (AvgIpc) is 1.92. The standard InChI is InChI=1S/C6H3ClF3NO/c7-5-3-1-2-4(11(5)12)6(8,9)10/h1-3H. The molecule has 6 heteroatoms. The van der Waals surface area contributed by atoms with Crippen LogP contribution in [0.3, 0.4) is 0 Å². The average molecular weight is 198 g/mol. The van der Waals surface area contributed by atoms with Crippen molar-refractivity contribution in [1.29, 1.82) is 0 Å². The van der Waals surface area contributed by atoms with E-state index in [0.29, 0.717) is 6.07 Å². The summed E-state index contributed by atoms with van der Waals surface area (Å²) in [7, 11) is 0. The van der Waals surface area contributed by atoms with E-state index in [2.05, 4.69) is 0 Å². The molecule has 2 nitrogen and oxygen atoms in total. The zero-order valence-electron chi connectivity index (χ0n) is 5.60. The summed E-state index contributed by atoms with van der Waals surface area (Å²) in [6.07, 6.45) is -4.66. The maximum Gasteiger partial charge on any atom is 0.478 e. The van der Waals surface area contributed by atoms with Crippen LogP contribution in [-0.4, -0.2) is 0 Å². The number of alkyl halides is 3. The molecule has 0 aliphatic rings. The predicted molar refractivity (Wildman–Crippen MR) is 35.4 cm³/mol. The zero-order chi connectivity index (χ0) is 9.35. The second kappa shape index (κ2) is 2.82. The molecule has 0 saturated heterocycles. The van der Waals surface area contributed by atoms with Crippen molar-refractivity contribution in [3.63, 3.8) is 0 Å². The second-order valence-electron chi connectivity index (χ2n) is 2.03. The van der Waals surface area contributed by atoms with Gasteiger partial charge in [-0.05, 0) is 17.7 Å². The van der Waals surface area contributed by atoms with E-state index in [1.54, 1.807) is 0 Å². The quantitative estimate of drug-likeness (QED) is 0.355. The first kappa shape index (κ1) is 9.12. The van der Waals surface area contributed by atoms with Gasteiger partial charge in [-0.3, -0.25) is 0 Å². The summed E-state index contributed by atoms with van der Waals surface area (Å²) in [4.78, 5) is 0. The zero-order valence-corrected chi connectivity index (χ0v) is 6.36. The topological polar surface area (TPSA) is 26.9 Å². The first-order valence-electron chi connectivity index (χ1n) is 2.88. The maximum atomic E-state index is 11.9. The van der Waals surface area contributed by atoms with Crippen molar-refractivity contribution in [2.45, 2.75) is 6.18 Å². The molecule has 1 aromatic heterocycles. The Morgan fingerprint density at radius 3 is 2.33 bits per heavy atom. The van der Waals surface area contributed by atoms with Gasteiger partial charge in [0.05, 0.1) is 0 Å². The number of rotatable bonds is 0. The summed E-state index contributed by atoms with van der Waals surface area (Å²) in [6.45, 7) is 0. The van der Waals surface area contributed by atoms with E-state index >= 15 is 0 Å². The lowest BCUT2D eigenvalue weighted by Crippen LogP contribution is -2.37. The fraction of sp³-hybridized carbons (Fsp3) is 0.167. The summed E-state index contributed by atoms with van der Waals surface area (Å²) in [5, 5.41) is 10.2. The smallest absolute Gasteiger partial charge is 0.478 e. The van der Waals surface area contributed by atoms with Gasteiger partial charge in [0.1, 0.15) is 0 Å². The van der Waals surface area contributed by atoms with Crippen LogP contribution in [0.4, 0.5) is 13.2 Å². The molecule has 1 heterocycles. The van der Waals surface area contributed by atoms with Gasteiger partial charge in [0, 0.05) is 12.1 Å². The van der Waals surface area contributed by atoms with Crippen LogP contribution in [0, 0.1) is 5.21 Å². The van der Waals surface area contributed by atoms with Crippen molar-refractivity contribution in [3.8, 4) is 0 Å². The Morgan fingerprint density at radius 1 is 1.33 bits per heavy atom. The van der Waals surface area contributed by atoms with Crippen molar-refractivity contribution >= 4 is 11.6 Å². The molecule has 0 aromatic carbocycles. The number of hydrogen-bond acceptors (Lipinski definition) is 1. The Hall–Kier alpha value is -0.970. The summed E-state index contributed by atoms with van der Waals surface area (Å²) in [6, 6.07) is 2.82. The molecule has 0 radical (unpaired) electrons. The first-order valence-corrected chi connectivity index (χ1v) is 3.26. The van der Waals surface area contributed by atoms with E-state index in [1.807, 2.05) is 0 Å². The molecule has 0 bridgehead atoms. The van der Waals surface area contributed by atoms with Gasteiger partial charge in [-0.15, -0.1) is 0 Å². The minimum absolute atomic E-state index is 0.360. The van der Waals surface area contributed by atoms with E-state index in [9.17, 15) is 18.4 Å². The van der Waals surface area contributed by atoms with Gasteiger partial charge in [0.15, 0.2) is 0 Å². The van der Waals surface area contributed by atoms with Crippen LogP contribution in [-0.2, 0) is 6.18 Å². The third-order valence-electron chi connectivity index (χ3n) is 1.19. The van der Waals surface area contributed by atoms with Crippen molar-refractivity contribution in [2.24, 2.45) is 0 Å². The lowest BCUT2D eigenvalue weighted by atomic mass is 10.3. The number of hydrogen-bond donors (Lipinski definition) is 0. The van der Waals surface area contributed by atoms with Crippen molar-refractivity contribution < 1.29 is 17.9 Å². The van der Waals surface area contributed by atoms with Gasteiger partial charge in [-0.1, -0.05) is 0 Å². The van der Waals surface area contributed by atoms with E-state index in [-0.39, 0.29) is 4.73 Å². The fourth-order valence-corrected chi connectivity index (χ4v) is 0.843. The molecule has 1 aromatic rings. The van der Waals surface area contributed by atoms with Gasteiger partial charge >= 0.3 is 6.18 Å². The Kier molecular flexibility index (Phi) is 2.14. The number of nitrogens with zero attached hydrogens (tertiary/aromatic N) is 1. The molecule has 66 valence electrons. The molecule has 0 amide bonds. The summed E-state index contributed by atoms with van der Waals surface area (Å²) < 4.78 is 35.5. The van der Waals surface area contributed by atoms with Crippen molar-refractivity contribution in [1.82, 2.24) is 0 Å². The fourth-order valence-electron chi connectivity index (χ4n) is 0.679. The number of halogens is 4. The van der Waals surface area contributed by atoms with Gasteiger partial charge < -0.3 is 5.21 Å². The summed E-state index contributed by atoms with van der Waals surface area (Å²) >= 11 is 5.17. The lowest BCUT2D eigenvalue weighted by Gasteiger charge is -2.07. The van der Waals surface area contributed by atoms with Crippen LogP contribution in [0.5, 0.6) is 0 Å². The summed E-state index contributed by atoms with van der Waals surface area (Å²) in [5.74, 6) is 0. The minimum atomic E-state index is -4.66. The molecule has 0 aliphatic carbocycles. The Balaban J connectivity index is 3.26. The van der Waals surface area contributed by atoms with Crippen molar-refractivity contribution in [2.75, 3.05) is 0 Å². The molecule has 0 saturated carbocycles. The Bertz CT molecular complexity index is 299. The first-order chi connectivity index (χ1) is 5.43. The van der Waals surface area contributed by atoms with Crippen LogP contribution in [0.15, 0.2) is 18.2 Å². The molecule has 0 N–H and O–H groups in total. The van der Waals surface area contributed by atoms with E-state index in [1.165, 1.54) is 0 Å². The van der Waals surface area contributed by atoms with E-state index in [0.717, 1.165) is 12.1 Å². The second-order valence-corrected chi connectivity index (χ2v) is 2.41. The highest BCUT2D eigenvalue weighted by atomic mass is 35.5. The minimum Gasteiger partial charge on any atom is -0.617 e. The van der Waals surface area contributed by atoms with Crippen LogP contribution < -0.4 is 4.73 Å². The van der Waals surface area contributed by atoms with Crippen molar-refractivity contribution in [3.05, 3.63) is 34.3 Å². The van der Waals surface area contributed by atoms with Crippen LogP contribution in [0.25, 0.3) is 0 Å². The molecule has 0 spiro atoms. The highest BCUT2D eigenvalue weighted by Gasteiger charge is 2.40. The Morgan fingerprint density at radius 2 is 1.92 bits per heavy atom.